The van der Waals surface area contributed by atoms with Gasteiger partial charge in [-0.15, -0.1) is 5.70 Å². The van der Waals surface area contributed by atoms with Crippen LogP contribution in [0.2, 0.25) is 6.04 Å². The second-order valence-corrected chi connectivity index (χ2v) is 7.59. The van der Waals surface area contributed by atoms with Crippen LogP contribution in [0.15, 0.2) is 11.8 Å². The maximum atomic E-state index is 2.44. The van der Waals surface area contributed by atoms with Crippen molar-refractivity contribution in [1.29, 1.82) is 0 Å². The zero-order chi connectivity index (χ0) is 3.54. The van der Waals surface area contributed by atoms with Crippen molar-refractivity contribution in [3.05, 3.63) is 11.8 Å². The molecule has 0 bridgehead atoms. The molecular formula is C3H8Si2. The van der Waals surface area contributed by atoms with Crippen molar-refractivity contribution >= 4 is 18.1 Å². The highest BCUT2D eigenvalue weighted by atomic mass is 29.1. The SMILES string of the molecule is C1=C[SiH2][SiH2]C1. The van der Waals surface area contributed by atoms with Crippen molar-refractivity contribution < 1.29 is 0 Å². The Balaban J connectivity index is 2.32. The Morgan fingerprint density at radius 2 is 2.60 bits per heavy atom. The molecule has 0 saturated carbocycles. The van der Waals surface area contributed by atoms with E-state index in [1.54, 1.807) is 0 Å². The minimum Gasteiger partial charge on any atom is -0.109 e. The molecule has 0 aromatic carbocycles. The average Bonchev–Trinajstić information content (AvgIpc) is 1.76. The molecule has 1 heterocycles. The van der Waals surface area contributed by atoms with Crippen LogP contribution in [0.4, 0.5) is 0 Å². The molecule has 0 aromatic rings. The fourth-order valence-corrected chi connectivity index (χ4v) is 5.30. The zero-order valence-corrected chi connectivity index (χ0v) is 6.10. The van der Waals surface area contributed by atoms with Gasteiger partial charge in [0, 0.05) is 18.1 Å². The van der Waals surface area contributed by atoms with Gasteiger partial charge in [-0.1, -0.05) is 6.08 Å². The third-order valence-electron chi connectivity index (χ3n) is 0.908. The third kappa shape index (κ3) is 0.737. The van der Waals surface area contributed by atoms with Gasteiger partial charge in [0.25, 0.3) is 0 Å². The van der Waals surface area contributed by atoms with Crippen molar-refractivity contribution in [2.75, 3.05) is 0 Å². The summed E-state index contributed by atoms with van der Waals surface area (Å²) in [6.07, 6.45) is 2.36. The maximum Gasteiger partial charge on any atom is 0.0330 e. The van der Waals surface area contributed by atoms with Crippen LogP contribution in [0, 0.1) is 0 Å². The van der Waals surface area contributed by atoms with Crippen molar-refractivity contribution in [1.82, 2.24) is 0 Å². The van der Waals surface area contributed by atoms with E-state index in [9.17, 15) is 0 Å². The van der Waals surface area contributed by atoms with E-state index in [1.807, 2.05) is 0 Å². The lowest BCUT2D eigenvalue weighted by molar-refractivity contribution is 1.76. The summed E-state index contributed by atoms with van der Waals surface area (Å²) in [5, 5.41) is 0. The molecule has 2 heteroatoms. The van der Waals surface area contributed by atoms with E-state index in [4.69, 9.17) is 0 Å². The molecule has 0 aromatic heterocycles. The van der Waals surface area contributed by atoms with Gasteiger partial charge >= 0.3 is 0 Å². The molecule has 28 valence electrons. The van der Waals surface area contributed by atoms with Gasteiger partial charge in [0.15, 0.2) is 0 Å². The van der Waals surface area contributed by atoms with Crippen molar-refractivity contribution in [2.24, 2.45) is 0 Å². The summed E-state index contributed by atoms with van der Waals surface area (Å²) in [7, 11) is 1.07. The standard InChI is InChI=1S/C3H8Si2/c1-2-4-5-3-1/h1-2H,3-5H2. The molecule has 0 radical (unpaired) electrons. The van der Waals surface area contributed by atoms with Crippen LogP contribution in [0.25, 0.3) is 0 Å². The van der Waals surface area contributed by atoms with Crippen LogP contribution < -0.4 is 0 Å². The largest absolute Gasteiger partial charge is 0.109 e. The van der Waals surface area contributed by atoms with E-state index in [0.29, 0.717) is 18.1 Å². The van der Waals surface area contributed by atoms with E-state index in [1.165, 1.54) is 6.04 Å². The van der Waals surface area contributed by atoms with Crippen molar-refractivity contribution in [2.45, 2.75) is 6.04 Å². The van der Waals surface area contributed by atoms with Crippen LogP contribution in [-0.2, 0) is 0 Å². The Hall–Kier alpha value is 0.174. The summed E-state index contributed by atoms with van der Waals surface area (Å²) in [5.74, 6) is 0. The van der Waals surface area contributed by atoms with Gasteiger partial charge in [0.2, 0.25) is 0 Å². The first-order chi connectivity index (χ1) is 2.50. The second kappa shape index (κ2) is 1.57. The smallest absolute Gasteiger partial charge is 0.0330 e. The average molecular weight is 100 g/mol. The summed E-state index contributed by atoms with van der Waals surface area (Å²) in [4.78, 5) is 0. The lowest BCUT2D eigenvalue weighted by atomic mass is 10.8. The molecule has 0 aliphatic carbocycles. The topological polar surface area (TPSA) is 0 Å². The maximum absolute atomic E-state index is 2.44. The van der Waals surface area contributed by atoms with Gasteiger partial charge in [-0.25, -0.2) is 0 Å². The van der Waals surface area contributed by atoms with E-state index in [2.05, 4.69) is 11.8 Å². The van der Waals surface area contributed by atoms with E-state index in [-0.39, 0.29) is 0 Å². The number of rotatable bonds is 0. The van der Waals surface area contributed by atoms with Crippen molar-refractivity contribution in [3.63, 3.8) is 0 Å². The van der Waals surface area contributed by atoms with E-state index >= 15 is 0 Å². The van der Waals surface area contributed by atoms with Gasteiger partial charge in [-0.05, 0) is 6.04 Å². The summed E-state index contributed by atoms with van der Waals surface area (Å²) in [6.45, 7) is 0. The van der Waals surface area contributed by atoms with Gasteiger partial charge < -0.3 is 0 Å². The molecule has 0 spiro atoms. The summed E-state index contributed by atoms with van der Waals surface area (Å²) in [5.41, 5.74) is 2.44. The van der Waals surface area contributed by atoms with E-state index < -0.39 is 0 Å². The molecule has 0 atom stereocenters. The number of hydrogen-bond acceptors (Lipinski definition) is 0. The number of hydrogen-bond donors (Lipinski definition) is 0. The molecule has 1 aliphatic heterocycles. The second-order valence-electron chi connectivity index (χ2n) is 1.40. The molecule has 1 rings (SSSR count). The van der Waals surface area contributed by atoms with Gasteiger partial charge in [-0.3, -0.25) is 0 Å². The van der Waals surface area contributed by atoms with Crippen LogP contribution >= 0.6 is 0 Å². The molecule has 1 aliphatic rings. The minimum atomic E-state index is 0.502. The molecule has 0 N–H and O–H groups in total. The highest BCUT2D eigenvalue weighted by Gasteiger charge is 1.87. The molecule has 0 fully saturated rings. The Labute approximate surface area is 36.7 Å². The summed E-state index contributed by atoms with van der Waals surface area (Å²) >= 11 is 0. The quantitative estimate of drug-likeness (QED) is 0.349. The van der Waals surface area contributed by atoms with Crippen LogP contribution in [0.5, 0.6) is 0 Å². The fourth-order valence-electron chi connectivity index (χ4n) is 0.589. The first-order valence-corrected chi connectivity index (χ1v) is 7.97. The first kappa shape index (κ1) is 3.37. The lowest BCUT2D eigenvalue weighted by Gasteiger charge is -1.65. The fraction of sp³-hybridized carbons (Fsp3) is 0.333. The van der Waals surface area contributed by atoms with Crippen LogP contribution in [-0.4, -0.2) is 18.1 Å². The summed E-state index contributed by atoms with van der Waals surface area (Å²) in [6, 6.07) is 1.52. The highest BCUT2D eigenvalue weighted by Crippen LogP contribution is 1.87. The monoisotopic (exact) mass is 100 g/mol. The molecule has 0 saturated heterocycles. The van der Waals surface area contributed by atoms with Gasteiger partial charge in [0.1, 0.15) is 0 Å². The Morgan fingerprint density at radius 3 is 2.80 bits per heavy atom. The van der Waals surface area contributed by atoms with Crippen LogP contribution in [0.3, 0.4) is 0 Å². The predicted octanol–water partition coefficient (Wildman–Crippen LogP) is -0.815. The zero-order valence-electron chi connectivity index (χ0n) is 3.28. The molecule has 0 unspecified atom stereocenters. The lowest BCUT2D eigenvalue weighted by Crippen LogP contribution is -1.87. The number of allylic oxidation sites excluding steroid dienone is 1. The minimum absolute atomic E-state index is 0.502. The first-order valence-electron chi connectivity index (χ1n) is 2.15. The molecule has 0 amide bonds. The molecule has 0 nitrogen and oxygen atoms in total. The van der Waals surface area contributed by atoms with Gasteiger partial charge in [0.05, 0.1) is 0 Å². The Kier molecular flexibility index (Phi) is 1.06. The molecular weight excluding hydrogens is 92.2 g/mol. The van der Waals surface area contributed by atoms with Gasteiger partial charge in [-0.2, -0.15) is 0 Å². The molecule has 5 heavy (non-hydrogen) atoms. The van der Waals surface area contributed by atoms with Crippen molar-refractivity contribution in [3.8, 4) is 0 Å². The summed E-state index contributed by atoms with van der Waals surface area (Å²) < 4.78 is 0. The Morgan fingerprint density at radius 1 is 1.60 bits per heavy atom. The highest BCUT2D eigenvalue weighted by molar-refractivity contribution is 7.04. The predicted molar refractivity (Wildman–Crippen MR) is 31.0 cm³/mol. The Bertz CT molecular complexity index is 42.9. The van der Waals surface area contributed by atoms with E-state index in [0.717, 1.165) is 0 Å². The van der Waals surface area contributed by atoms with Crippen LogP contribution in [0.1, 0.15) is 0 Å². The normalized spacial score (nSPS) is 30.4. The third-order valence-corrected chi connectivity index (χ3v) is 6.17.